The van der Waals surface area contributed by atoms with Gasteiger partial charge >= 0.3 is 6.18 Å². The van der Waals surface area contributed by atoms with Crippen LogP contribution in [0, 0.1) is 5.92 Å². The van der Waals surface area contributed by atoms with Gasteiger partial charge in [-0.15, -0.1) is 12.4 Å². The molecule has 0 unspecified atom stereocenters. The third-order valence-corrected chi connectivity index (χ3v) is 7.97. The van der Waals surface area contributed by atoms with Crippen molar-refractivity contribution < 1.29 is 22.8 Å². The summed E-state index contributed by atoms with van der Waals surface area (Å²) in [5.41, 5.74) is 1.64. The van der Waals surface area contributed by atoms with Gasteiger partial charge in [0.1, 0.15) is 5.65 Å². The number of halogens is 4. The number of nitrogens with one attached hydrogen (secondary N) is 1. The van der Waals surface area contributed by atoms with Gasteiger partial charge in [0.15, 0.2) is 0 Å². The average molecular weight is 565 g/mol. The number of hydrogen-bond acceptors (Lipinski definition) is 4. The molecule has 4 heterocycles. The van der Waals surface area contributed by atoms with E-state index in [2.05, 4.69) is 10.3 Å². The molecule has 2 aromatic heterocycles. The predicted molar refractivity (Wildman–Crippen MR) is 143 cm³/mol. The second kappa shape index (κ2) is 11.8. The van der Waals surface area contributed by atoms with Crippen molar-refractivity contribution in [3.63, 3.8) is 0 Å². The van der Waals surface area contributed by atoms with Crippen LogP contribution in [0.3, 0.4) is 0 Å². The molecule has 0 bridgehead atoms. The van der Waals surface area contributed by atoms with Crippen molar-refractivity contribution in [3.8, 4) is 0 Å². The fourth-order valence-corrected chi connectivity index (χ4v) is 5.85. The summed E-state index contributed by atoms with van der Waals surface area (Å²) in [6.07, 6.45) is 2.98. The van der Waals surface area contributed by atoms with E-state index in [4.69, 9.17) is 0 Å². The lowest BCUT2D eigenvalue weighted by Crippen LogP contribution is -2.39. The number of benzene rings is 1. The standard InChI is InChI=1S/C27H27F3N4O2S.ClH/c28-27(29,30)20-8-6-19(7-9-20)15-24(35)33-13-10-18(11-14-33)3-2-12-31-26(36)22-16-21-17-32-23-4-1-5-25(37-22)34(21)23;/h1,4-9,16-18H,2-3,10-15H2,(H,31,36);1H. The smallest absolute Gasteiger partial charge is 0.352 e. The van der Waals surface area contributed by atoms with Gasteiger partial charge < -0.3 is 10.2 Å². The monoisotopic (exact) mass is 564 g/mol. The molecule has 38 heavy (non-hydrogen) atoms. The fraction of sp³-hybridized carbons (Fsp3) is 0.370. The molecule has 1 saturated heterocycles. The molecule has 202 valence electrons. The molecule has 11 heteroatoms. The number of alkyl halides is 3. The lowest BCUT2D eigenvalue weighted by atomic mass is 9.92. The molecule has 0 radical (unpaired) electrons. The molecule has 1 fully saturated rings. The van der Waals surface area contributed by atoms with Gasteiger partial charge in [-0.25, -0.2) is 4.98 Å². The first-order valence-corrected chi connectivity index (χ1v) is 13.2. The van der Waals surface area contributed by atoms with Gasteiger partial charge in [-0.05, 0) is 67.5 Å². The van der Waals surface area contributed by atoms with Gasteiger partial charge in [0.05, 0.1) is 33.8 Å². The SMILES string of the molecule is Cl.O=C(NCCCC1CCN(C(=O)Cc2ccc(C(F)(F)F)cc2)CC1)C1=Cc2cnc3cccc(n23)S1. The fourth-order valence-electron chi connectivity index (χ4n) is 4.85. The highest BCUT2D eigenvalue weighted by atomic mass is 35.5. The Balaban J connectivity index is 0.00000336. The first-order valence-electron chi connectivity index (χ1n) is 12.4. The summed E-state index contributed by atoms with van der Waals surface area (Å²) in [5, 5.41) is 3.99. The maximum absolute atomic E-state index is 12.7. The van der Waals surface area contributed by atoms with Gasteiger partial charge in [0.2, 0.25) is 5.91 Å². The molecule has 0 aliphatic carbocycles. The van der Waals surface area contributed by atoms with E-state index in [1.165, 1.54) is 23.9 Å². The Hall–Kier alpha value is -2.98. The van der Waals surface area contributed by atoms with E-state index in [0.717, 1.165) is 54.2 Å². The van der Waals surface area contributed by atoms with Crippen LogP contribution in [-0.2, 0) is 22.2 Å². The molecule has 2 aliphatic heterocycles. The van der Waals surface area contributed by atoms with Crippen molar-refractivity contribution >= 4 is 47.7 Å². The summed E-state index contributed by atoms with van der Waals surface area (Å²) in [6, 6.07) is 10.6. The van der Waals surface area contributed by atoms with Gasteiger partial charge in [-0.3, -0.25) is 14.0 Å². The Morgan fingerprint density at radius 3 is 2.53 bits per heavy atom. The highest BCUT2D eigenvalue weighted by molar-refractivity contribution is 8.04. The molecule has 5 rings (SSSR count). The Kier molecular flexibility index (Phi) is 8.72. The second-order valence-corrected chi connectivity index (χ2v) is 10.5. The second-order valence-electron chi connectivity index (χ2n) is 9.45. The zero-order valence-corrected chi connectivity index (χ0v) is 22.2. The Labute approximate surface area is 229 Å². The summed E-state index contributed by atoms with van der Waals surface area (Å²) < 4.78 is 40.2. The third-order valence-electron chi connectivity index (χ3n) is 6.92. The number of pyridine rings is 1. The van der Waals surface area contributed by atoms with E-state index >= 15 is 0 Å². The quantitative estimate of drug-likeness (QED) is 0.379. The minimum Gasteiger partial charge on any atom is -0.352 e. The van der Waals surface area contributed by atoms with E-state index in [1.54, 1.807) is 11.1 Å². The normalized spacial score (nSPS) is 15.7. The third kappa shape index (κ3) is 6.35. The maximum atomic E-state index is 12.7. The Morgan fingerprint density at radius 2 is 1.82 bits per heavy atom. The first kappa shape index (κ1) is 28.0. The largest absolute Gasteiger partial charge is 0.416 e. The number of carbonyl (C=O) groups excluding carboxylic acids is 2. The minimum atomic E-state index is -4.38. The number of piperidine rings is 1. The van der Waals surface area contributed by atoms with E-state index in [-0.39, 0.29) is 30.6 Å². The van der Waals surface area contributed by atoms with Crippen LogP contribution in [-0.4, -0.2) is 45.7 Å². The lowest BCUT2D eigenvalue weighted by molar-refractivity contribution is -0.137. The van der Waals surface area contributed by atoms with Crippen LogP contribution in [0.1, 0.15) is 42.5 Å². The van der Waals surface area contributed by atoms with Gasteiger partial charge in [-0.1, -0.05) is 30.0 Å². The summed E-state index contributed by atoms with van der Waals surface area (Å²) in [6.45, 7) is 1.89. The molecule has 3 aromatic rings. The van der Waals surface area contributed by atoms with Gasteiger partial charge in [0.25, 0.3) is 5.91 Å². The van der Waals surface area contributed by atoms with Crippen LogP contribution >= 0.6 is 24.2 Å². The number of carbonyl (C=O) groups is 2. The van der Waals surface area contributed by atoms with Crippen molar-refractivity contribution in [2.75, 3.05) is 19.6 Å². The summed E-state index contributed by atoms with van der Waals surface area (Å²) in [7, 11) is 0. The van der Waals surface area contributed by atoms with Crippen LogP contribution in [0.15, 0.2) is 58.6 Å². The number of rotatable bonds is 7. The van der Waals surface area contributed by atoms with E-state index < -0.39 is 11.7 Å². The predicted octanol–water partition coefficient (Wildman–Crippen LogP) is 5.60. The summed E-state index contributed by atoms with van der Waals surface area (Å²) in [4.78, 5) is 32.1. The molecule has 2 amide bonds. The van der Waals surface area contributed by atoms with Crippen molar-refractivity contribution in [3.05, 3.63) is 70.4 Å². The Morgan fingerprint density at radius 1 is 1.08 bits per heavy atom. The topological polar surface area (TPSA) is 66.7 Å². The number of likely N-dealkylation sites (tertiary alicyclic amines) is 1. The molecule has 2 aliphatic rings. The lowest BCUT2D eigenvalue weighted by Gasteiger charge is -2.32. The number of aromatic nitrogens is 2. The number of hydrogen-bond donors (Lipinski definition) is 1. The van der Waals surface area contributed by atoms with Crippen LogP contribution in [0.25, 0.3) is 11.7 Å². The van der Waals surface area contributed by atoms with Crippen molar-refractivity contribution in [2.24, 2.45) is 5.92 Å². The zero-order chi connectivity index (χ0) is 26.0. The summed E-state index contributed by atoms with van der Waals surface area (Å²) in [5.74, 6) is 0.348. The molecule has 1 aromatic carbocycles. The summed E-state index contributed by atoms with van der Waals surface area (Å²) >= 11 is 1.44. The van der Waals surface area contributed by atoms with Gasteiger partial charge in [0, 0.05) is 19.6 Å². The number of amides is 2. The first-order chi connectivity index (χ1) is 17.8. The van der Waals surface area contributed by atoms with Crippen LogP contribution in [0.4, 0.5) is 13.2 Å². The van der Waals surface area contributed by atoms with E-state index in [0.29, 0.717) is 36.0 Å². The molecule has 1 N–H and O–H groups in total. The van der Waals surface area contributed by atoms with Gasteiger partial charge in [-0.2, -0.15) is 13.2 Å². The van der Waals surface area contributed by atoms with Crippen LogP contribution in [0.5, 0.6) is 0 Å². The molecule has 0 saturated carbocycles. The molecular weight excluding hydrogens is 537 g/mol. The number of nitrogens with zero attached hydrogens (tertiary/aromatic N) is 3. The Bertz CT molecular complexity index is 1330. The number of thioether (sulfide) groups is 1. The van der Waals surface area contributed by atoms with Crippen molar-refractivity contribution in [2.45, 2.75) is 43.3 Å². The maximum Gasteiger partial charge on any atom is 0.416 e. The average Bonchev–Trinajstić information content (AvgIpc) is 3.31. The van der Waals surface area contributed by atoms with Crippen molar-refractivity contribution in [1.29, 1.82) is 0 Å². The number of imidazole rings is 1. The van der Waals surface area contributed by atoms with E-state index in [9.17, 15) is 22.8 Å². The van der Waals surface area contributed by atoms with Crippen molar-refractivity contribution in [1.82, 2.24) is 19.6 Å². The minimum absolute atomic E-state index is 0. The zero-order valence-electron chi connectivity index (χ0n) is 20.5. The van der Waals surface area contributed by atoms with Crippen LogP contribution in [0.2, 0.25) is 0 Å². The molecule has 0 atom stereocenters. The van der Waals surface area contributed by atoms with E-state index in [1.807, 2.05) is 28.7 Å². The van der Waals surface area contributed by atoms with Crippen LogP contribution < -0.4 is 5.32 Å². The molecular formula is C27H28ClF3N4O2S. The molecule has 0 spiro atoms. The highest BCUT2D eigenvalue weighted by Gasteiger charge is 2.30. The molecule has 6 nitrogen and oxygen atoms in total. The highest BCUT2D eigenvalue weighted by Crippen LogP contribution is 2.34.